The first-order valence-corrected chi connectivity index (χ1v) is 10.7. The fraction of sp³-hybridized carbons (Fsp3) is 0.300. The van der Waals surface area contributed by atoms with Crippen LogP contribution in [-0.4, -0.2) is 41.4 Å². The van der Waals surface area contributed by atoms with Crippen LogP contribution >= 0.6 is 23.1 Å². The molecule has 9 heteroatoms. The standard InChI is InChI=1S/C20H21NO6S2/c1-3-10-26-19(24)14-6-8-15(9-7-14)27-17(22)12-21-18(23)13(2)29-20(25)16-5-4-11-28-16/h4-9,11,13H,3,10,12H2,1-2H3,(H,21,23). The fourth-order valence-corrected chi connectivity index (χ4v) is 3.62. The summed E-state index contributed by atoms with van der Waals surface area (Å²) in [6, 6.07) is 9.39. The van der Waals surface area contributed by atoms with Gasteiger partial charge in [-0.3, -0.25) is 9.59 Å². The number of nitrogens with one attached hydrogen (secondary N) is 1. The zero-order chi connectivity index (χ0) is 21.2. The highest BCUT2D eigenvalue weighted by Gasteiger charge is 2.20. The Morgan fingerprint density at radius 2 is 1.86 bits per heavy atom. The van der Waals surface area contributed by atoms with E-state index in [1.807, 2.05) is 6.92 Å². The van der Waals surface area contributed by atoms with Crippen molar-refractivity contribution in [3.05, 3.63) is 52.2 Å². The van der Waals surface area contributed by atoms with Gasteiger partial charge in [-0.1, -0.05) is 24.8 Å². The summed E-state index contributed by atoms with van der Waals surface area (Å²) in [7, 11) is 0. The molecule has 0 spiro atoms. The second-order valence-electron chi connectivity index (χ2n) is 5.88. The Kier molecular flexibility index (Phi) is 8.88. The van der Waals surface area contributed by atoms with E-state index < -0.39 is 23.1 Å². The van der Waals surface area contributed by atoms with E-state index in [-0.39, 0.29) is 17.4 Å². The molecular formula is C20H21NO6S2. The summed E-state index contributed by atoms with van der Waals surface area (Å²) in [5.41, 5.74) is 0.354. The van der Waals surface area contributed by atoms with Crippen LogP contribution < -0.4 is 10.1 Å². The highest BCUT2D eigenvalue weighted by molar-refractivity contribution is 8.15. The largest absolute Gasteiger partial charge is 0.462 e. The highest BCUT2D eigenvalue weighted by Crippen LogP contribution is 2.21. The fourth-order valence-electron chi connectivity index (χ4n) is 2.07. The number of hydrogen-bond acceptors (Lipinski definition) is 8. The Bertz CT molecular complexity index is 848. The minimum absolute atomic E-state index is 0.192. The highest BCUT2D eigenvalue weighted by atomic mass is 32.2. The number of carbonyl (C=O) groups excluding carboxylic acids is 4. The van der Waals surface area contributed by atoms with Gasteiger partial charge in [0.05, 0.1) is 22.3 Å². The summed E-state index contributed by atoms with van der Waals surface area (Å²) in [5.74, 6) is -1.31. The summed E-state index contributed by atoms with van der Waals surface area (Å²) in [6.07, 6.45) is 0.729. The van der Waals surface area contributed by atoms with Crippen LogP contribution in [0.15, 0.2) is 41.8 Å². The van der Waals surface area contributed by atoms with Crippen molar-refractivity contribution in [3.63, 3.8) is 0 Å². The van der Waals surface area contributed by atoms with E-state index in [2.05, 4.69) is 5.32 Å². The maximum atomic E-state index is 12.1. The number of carbonyl (C=O) groups is 4. The van der Waals surface area contributed by atoms with Crippen molar-refractivity contribution in [2.45, 2.75) is 25.5 Å². The molecule has 0 bridgehead atoms. The summed E-state index contributed by atoms with van der Waals surface area (Å²) in [5, 5.41) is 3.40. The van der Waals surface area contributed by atoms with E-state index >= 15 is 0 Å². The van der Waals surface area contributed by atoms with Crippen molar-refractivity contribution in [1.29, 1.82) is 0 Å². The van der Waals surface area contributed by atoms with E-state index in [0.717, 1.165) is 18.2 Å². The number of amides is 1. The third-order valence-electron chi connectivity index (χ3n) is 3.54. The van der Waals surface area contributed by atoms with Gasteiger partial charge >= 0.3 is 11.9 Å². The Labute approximate surface area is 176 Å². The number of ether oxygens (including phenoxy) is 2. The van der Waals surface area contributed by atoms with Gasteiger partial charge in [-0.05, 0) is 49.1 Å². The molecule has 1 atom stereocenters. The van der Waals surface area contributed by atoms with Crippen LogP contribution in [0.25, 0.3) is 0 Å². The predicted octanol–water partition coefficient (Wildman–Crippen LogP) is 3.30. The Hall–Kier alpha value is -2.65. The van der Waals surface area contributed by atoms with Gasteiger partial charge in [0.1, 0.15) is 12.3 Å². The second-order valence-corrected chi connectivity index (χ2v) is 8.14. The van der Waals surface area contributed by atoms with Gasteiger partial charge in [0.25, 0.3) is 0 Å². The maximum Gasteiger partial charge on any atom is 0.338 e. The molecule has 2 rings (SSSR count). The molecule has 1 unspecified atom stereocenters. The molecule has 0 aliphatic heterocycles. The van der Waals surface area contributed by atoms with Crippen LogP contribution in [0.2, 0.25) is 0 Å². The van der Waals surface area contributed by atoms with Crippen LogP contribution in [0.5, 0.6) is 5.75 Å². The van der Waals surface area contributed by atoms with Gasteiger partial charge < -0.3 is 14.8 Å². The Balaban J connectivity index is 1.76. The van der Waals surface area contributed by atoms with Crippen molar-refractivity contribution in [2.24, 2.45) is 0 Å². The van der Waals surface area contributed by atoms with Crippen LogP contribution in [-0.2, 0) is 14.3 Å². The summed E-state index contributed by atoms with van der Waals surface area (Å²) in [4.78, 5) is 48.3. The molecule has 1 amide bonds. The van der Waals surface area contributed by atoms with E-state index in [0.29, 0.717) is 17.0 Å². The molecule has 29 heavy (non-hydrogen) atoms. The number of hydrogen-bond donors (Lipinski definition) is 1. The average Bonchev–Trinajstić information content (AvgIpc) is 3.25. The summed E-state index contributed by atoms with van der Waals surface area (Å²) >= 11 is 2.20. The minimum Gasteiger partial charge on any atom is -0.462 e. The van der Waals surface area contributed by atoms with Crippen molar-refractivity contribution in [1.82, 2.24) is 5.32 Å². The van der Waals surface area contributed by atoms with Crippen molar-refractivity contribution in [3.8, 4) is 5.75 Å². The van der Waals surface area contributed by atoms with Gasteiger partial charge in [-0.2, -0.15) is 0 Å². The number of thiophene rings is 1. The molecule has 1 N–H and O–H groups in total. The molecule has 7 nitrogen and oxygen atoms in total. The molecule has 0 fully saturated rings. The lowest BCUT2D eigenvalue weighted by Gasteiger charge is -2.10. The first-order chi connectivity index (χ1) is 13.9. The van der Waals surface area contributed by atoms with Gasteiger partial charge in [-0.25, -0.2) is 9.59 Å². The molecule has 1 heterocycles. The van der Waals surface area contributed by atoms with Crippen molar-refractivity contribution in [2.75, 3.05) is 13.2 Å². The molecule has 0 saturated carbocycles. The first kappa shape index (κ1) is 22.6. The van der Waals surface area contributed by atoms with Crippen LogP contribution in [0, 0.1) is 0 Å². The Morgan fingerprint density at radius 3 is 2.48 bits per heavy atom. The van der Waals surface area contributed by atoms with Crippen LogP contribution in [0.4, 0.5) is 0 Å². The Morgan fingerprint density at radius 1 is 1.14 bits per heavy atom. The second kappa shape index (κ2) is 11.4. The lowest BCUT2D eigenvalue weighted by Crippen LogP contribution is -2.36. The maximum absolute atomic E-state index is 12.1. The third-order valence-corrected chi connectivity index (χ3v) is 5.54. The topological polar surface area (TPSA) is 98.8 Å². The smallest absolute Gasteiger partial charge is 0.338 e. The third kappa shape index (κ3) is 7.35. The summed E-state index contributed by atoms with van der Waals surface area (Å²) < 4.78 is 10.1. The molecule has 1 aromatic carbocycles. The molecule has 0 aliphatic carbocycles. The number of benzene rings is 1. The lowest BCUT2D eigenvalue weighted by molar-refractivity contribution is -0.135. The van der Waals surface area contributed by atoms with Gasteiger partial charge in [0.2, 0.25) is 11.0 Å². The van der Waals surface area contributed by atoms with E-state index in [1.54, 1.807) is 24.4 Å². The molecular weight excluding hydrogens is 414 g/mol. The van der Waals surface area contributed by atoms with Crippen LogP contribution in [0.1, 0.15) is 40.3 Å². The first-order valence-electron chi connectivity index (χ1n) is 8.90. The molecule has 154 valence electrons. The normalized spacial score (nSPS) is 11.4. The number of thioether (sulfide) groups is 1. The van der Waals surface area contributed by atoms with E-state index in [4.69, 9.17) is 9.47 Å². The molecule has 2 aromatic rings. The monoisotopic (exact) mass is 435 g/mol. The molecule has 0 saturated heterocycles. The van der Waals surface area contributed by atoms with E-state index in [1.165, 1.54) is 35.6 Å². The summed E-state index contributed by atoms with van der Waals surface area (Å²) in [6.45, 7) is 3.49. The zero-order valence-corrected chi connectivity index (χ0v) is 17.6. The van der Waals surface area contributed by atoms with E-state index in [9.17, 15) is 19.2 Å². The van der Waals surface area contributed by atoms with Crippen molar-refractivity contribution < 1.29 is 28.7 Å². The van der Waals surface area contributed by atoms with Crippen molar-refractivity contribution >= 4 is 46.1 Å². The predicted molar refractivity (Wildman–Crippen MR) is 111 cm³/mol. The average molecular weight is 436 g/mol. The molecule has 0 aliphatic rings. The molecule has 1 aromatic heterocycles. The van der Waals surface area contributed by atoms with Gasteiger partial charge in [-0.15, -0.1) is 11.3 Å². The minimum atomic E-state index is -0.665. The lowest BCUT2D eigenvalue weighted by atomic mass is 10.2. The van der Waals surface area contributed by atoms with Gasteiger partial charge in [0.15, 0.2) is 0 Å². The number of rotatable bonds is 9. The van der Waals surface area contributed by atoms with Gasteiger partial charge in [0, 0.05) is 0 Å². The zero-order valence-electron chi connectivity index (χ0n) is 16.0. The quantitative estimate of drug-likeness (QED) is 0.477. The number of esters is 2. The van der Waals surface area contributed by atoms with Crippen LogP contribution in [0.3, 0.4) is 0 Å². The SMILES string of the molecule is CCCOC(=O)c1ccc(OC(=O)CNC(=O)C(C)SC(=O)c2cccs2)cc1. The molecule has 0 radical (unpaired) electrons.